The van der Waals surface area contributed by atoms with Crippen molar-refractivity contribution in [2.24, 2.45) is 13.0 Å². The summed E-state index contributed by atoms with van der Waals surface area (Å²) >= 11 is 0. The molecule has 1 aromatic carbocycles. The molecule has 1 aromatic heterocycles. The molecule has 1 heterocycles. The lowest BCUT2D eigenvalue weighted by molar-refractivity contribution is 0.478. The Hall–Kier alpha value is -1.75. The van der Waals surface area contributed by atoms with Gasteiger partial charge in [-0.2, -0.15) is 0 Å². The Kier molecular flexibility index (Phi) is 3.78. The molecular formula is C15H19FN4. The van der Waals surface area contributed by atoms with E-state index in [1.165, 1.54) is 30.5 Å². The predicted molar refractivity (Wildman–Crippen MR) is 74.6 cm³/mol. The molecule has 1 fully saturated rings. The lowest BCUT2D eigenvalue weighted by Gasteiger charge is -2.18. The summed E-state index contributed by atoms with van der Waals surface area (Å²) in [4.78, 5) is 0. The minimum atomic E-state index is -0.178. The van der Waals surface area contributed by atoms with Crippen molar-refractivity contribution in [2.45, 2.75) is 25.3 Å². The van der Waals surface area contributed by atoms with Crippen molar-refractivity contribution in [2.75, 3.05) is 6.54 Å². The predicted octanol–water partition coefficient (Wildman–Crippen LogP) is 2.24. The van der Waals surface area contributed by atoms with Crippen LogP contribution in [0.1, 0.15) is 30.3 Å². The van der Waals surface area contributed by atoms with Crippen LogP contribution in [0.5, 0.6) is 0 Å². The first-order chi connectivity index (χ1) is 9.74. The number of aryl methyl sites for hydroxylation is 1. The fourth-order valence-electron chi connectivity index (χ4n) is 2.53. The molecule has 1 aliphatic rings. The minimum absolute atomic E-state index is 0.178. The molecule has 5 heteroatoms. The summed E-state index contributed by atoms with van der Waals surface area (Å²) < 4.78 is 14.9. The highest BCUT2D eigenvalue weighted by molar-refractivity contribution is 5.22. The number of benzene rings is 1. The van der Waals surface area contributed by atoms with Gasteiger partial charge in [0.05, 0.1) is 0 Å². The highest BCUT2D eigenvalue weighted by Crippen LogP contribution is 2.40. The van der Waals surface area contributed by atoms with Crippen LogP contribution in [0, 0.1) is 11.7 Å². The molecule has 0 saturated heterocycles. The van der Waals surface area contributed by atoms with Crippen LogP contribution in [0.2, 0.25) is 0 Å². The number of hydrogen-bond donors (Lipinski definition) is 1. The molecule has 0 bridgehead atoms. The number of rotatable bonds is 6. The normalized spacial score (nSPS) is 16.3. The highest BCUT2D eigenvalue weighted by Gasteiger charge is 2.31. The Morgan fingerprint density at radius 1 is 1.35 bits per heavy atom. The maximum atomic E-state index is 13.0. The van der Waals surface area contributed by atoms with Gasteiger partial charge in [0, 0.05) is 26.1 Å². The summed E-state index contributed by atoms with van der Waals surface area (Å²) in [5.74, 6) is 1.48. The van der Waals surface area contributed by atoms with E-state index in [1.807, 2.05) is 23.7 Å². The second-order valence-electron chi connectivity index (χ2n) is 5.43. The topological polar surface area (TPSA) is 42.7 Å². The van der Waals surface area contributed by atoms with Crippen LogP contribution in [-0.2, 0) is 13.5 Å². The van der Waals surface area contributed by atoms with Gasteiger partial charge in [0.15, 0.2) is 0 Å². The lowest BCUT2D eigenvalue weighted by Crippen LogP contribution is -2.26. The molecule has 0 spiro atoms. The van der Waals surface area contributed by atoms with E-state index in [1.54, 1.807) is 6.33 Å². The number of nitrogens with zero attached hydrogens (tertiary/aromatic N) is 3. The summed E-state index contributed by atoms with van der Waals surface area (Å²) in [5.41, 5.74) is 1.17. The standard InChI is InChI=1S/C15H19FN4/c1-20-10-18-19-14(20)8-9-17-15(11-2-3-11)12-4-6-13(16)7-5-12/h4-7,10-11,15,17H,2-3,8-9H2,1H3. The third kappa shape index (κ3) is 3.04. The summed E-state index contributed by atoms with van der Waals surface area (Å²) in [6.07, 6.45) is 5.06. The van der Waals surface area contributed by atoms with Crippen molar-refractivity contribution in [1.82, 2.24) is 20.1 Å². The summed E-state index contributed by atoms with van der Waals surface area (Å²) in [6.45, 7) is 0.852. The minimum Gasteiger partial charge on any atom is -0.321 e. The van der Waals surface area contributed by atoms with E-state index in [4.69, 9.17) is 0 Å². The molecule has 0 radical (unpaired) electrons. The number of halogens is 1. The lowest BCUT2D eigenvalue weighted by atomic mass is 10.0. The molecule has 1 N–H and O–H groups in total. The number of hydrogen-bond acceptors (Lipinski definition) is 3. The molecule has 4 nitrogen and oxygen atoms in total. The highest BCUT2D eigenvalue weighted by atomic mass is 19.1. The maximum Gasteiger partial charge on any atom is 0.133 e. The van der Waals surface area contributed by atoms with Gasteiger partial charge in [0.2, 0.25) is 0 Å². The Bertz CT molecular complexity index is 560. The fourth-order valence-corrected chi connectivity index (χ4v) is 2.53. The van der Waals surface area contributed by atoms with Gasteiger partial charge in [-0.1, -0.05) is 12.1 Å². The summed E-state index contributed by atoms with van der Waals surface area (Å²) in [5, 5.41) is 11.5. The molecule has 20 heavy (non-hydrogen) atoms. The smallest absolute Gasteiger partial charge is 0.133 e. The van der Waals surface area contributed by atoms with Crippen molar-refractivity contribution >= 4 is 0 Å². The first-order valence-corrected chi connectivity index (χ1v) is 7.06. The molecule has 1 atom stereocenters. The Balaban J connectivity index is 1.60. The molecule has 0 aliphatic heterocycles. The molecule has 1 unspecified atom stereocenters. The van der Waals surface area contributed by atoms with Gasteiger partial charge in [0.25, 0.3) is 0 Å². The Labute approximate surface area is 118 Å². The largest absolute Gasteiger partial charge is 0.321 e. The van der Waals surface area contributed by atoms with E-state index in [0.717, 1.165) is 18.8 Å². The average molecular weight is 274 g/mol. The van der Waals surface area contributed by atoms with E-state index in [2.05, 4.69) is 15.5 Å². The van der Waals surface area contributed by atoms with Crippen molar-refractivity contribution in [1.29, 1.82) is 0 Å². The van der Waals surface area contributed by atoms with Gasteiger partial charge in [0.1, 0.15) is 18.0 Å². The molecule has 2 aromatic rings. The van der Waals surface area contributed by atoms with Gasteiger partial charge < -0.3 is 9.88 Å². The zero-order chi connectivity index (χ0) is 13.9. The van der Waals surface area contributed by atoms with Gasteiger partial charge in [-0.25, -0.2) is 4.39 Å². The fraction of sp³-hybridized carbons (Fsp3) is 0.467. The zero-order valence-electron chi connectivity index (χ0n) is 11.6. The summed E-state index contributed by atoms with van der Waals surface area (Å²) in [7, 11) is 1.95. The third-order valence-corrected chi connectivity index (χ3v) is 3.84. The monoisotopic (exact) mass is 274 g/mol. The van der Waals surface area contributed by atoms with Crippen molar-refractivity contribution < 1.29 is 4.39 Å². The van der Waals surface area contributed by atoms with Gasteiger partial charge in [-0.15, -0.1) is 10.2 Å². The Morgan fingerprint density at radius 3 is 2.70 bits per heavy atom. The first-order valence-electron chi connectivity index (χ1n) is 7.06. The van der Waals surface area contributed by atoms with Crippen LogP contribution in [0.15, 0.2) is 30.6 Å². The van der Waals surface area contributed by atoms with E-state index in [0.29, 0.717) is 12.0 Å². The first kappa shape index (κ1) is 13.2. The second-order valence-corrected chi connectivity index (χ2v) is 5.43. The quantitative estimate of drug-likeness (QED) is 0.878. The van der Waals surface area contributed by atoms with Crippen molar-refractivity contribution in [3.63, 3.8) is 0 Å². The van der Waals surface area contributed by atoms with Crippen LogP contribution in [0.25, 0.3) is 0 Å². The van der Waals surface area contributed by atoms with Gasteiger partial charge in [-0.05, 0) is 36.5 Å². The van der Waals surface area contributed by atoms with E-state index in [9.17, 15) is 4.39 Å². The van der Waals surface area contributed by atoms with Crippen LogP contribution in [-0.4, -0.2) is 21.3 Å². The SMILES string of the molecule is Cn1cnnc1CCNC(c1ccc(F)cc1)C1CC1. The van der Waals surface area contributed by atoms with E-state index in [-0.39, 0.29) is 5.82 Å². The van der Waals surface area contributed by atoms with Crippen LogP contribution in [0.4, 0.5) is 4.39 Å². The summed E-state index contributed by atoms with van der Waals surface area (Å²) in [6, 6.07) is 7.16. The van der Waals surface area contributed by atoms with Crippen molar-refractivity contribution in [3.05, 3.63) is 47.8 Å². The van der Waals surface area contributed by atoms with E-state index >= 15 is 0 Å². The molecule has 1 saturated carbocycles. The second kappa shape index (κ2) is 5.71. The molecule has 3 rings (SSSR count). The molecule has 0 amide bonds. The third-order valence-electron chi connectivity index (χ3n) is 3.84. The zero-order valence-corrected chi connectivity index (χ0v) is 11.6. The Morgan fingerprint density at radius 2 is 2.10 bits per heavy atom. The van der Waals surface area contributed by atoms with E-state index < -0.39 is 0 Å². The van der Waals surface area contributed by atoms with Crippen LogP contribution < -0.4 is 5.32 Å². The molecular weight excluding hydrogens is 255 g/mol. The van der Waals surface area contributed by atoms with Crippen LogP contribution in [0.3, 0.4) is 0 Å². The van der Waals surface area contributed by atoms with Gasteiger partial charge in [-0.3, -0.25) is 0 Å². The number of nitrogens with one attached hydrogen (secondary N) is 1. The van der Waals surface area contributed by atoms with Gasteiger partial charge >= 0.3 is 0 Å². The van der Waals surface area contributed by atoms with Crippen LogP contribution >= 0.6 is 0 Å². The number of aromatic nitrogens is 3. The maximum absolute atomic E-state index is 13.0. The van der Waals surface area contributed by atoms with Crippen molar-refractivity contribution in [3.8, 4) is 0 Å². The molecule has 1 aliphatic carbocycles. The average Bonchev–Trinajstić information content (AvgIpc) is 3.20. The molecule has 106 valence electrons.